The highest BCUT2D eigenvalue weighted by Gasteiger charge is 2.19. The Morgan fingerprint density at radius 3 is 2.53 bits per heavy atom. The minimum atomic E-state index is -1.62. The first kappa shape index (κ1) is 15.0. The zero-order valence-electron chi connectivity index (χ0n) is 10.9. The first-order valence-corrected chi connectivity index (χ1v) is 5.71. The fraction of sp³-hybridized carbons (Fsp3) is 0.545. The first-order chi connectivity index (χ1) is 8.82. The monoisotopic (exact) mass is 271 g/mol. The Balaban J connectivity index is 2.51. The Kier molecular flexibility index (Phi) is 4.87. The van der Waals surface area contributed by atoms with Crippen LogP contribution in [-0.2, 0) is 4.79 Å². The molecule has 0 radical (unpaired) electrons. The normalized spacial score (nSPS) is 13.7. The highest BCUT2D eigenvalue weighted by molar-refractivity contribution is 5.77. The van der Waals surface area contributed by atoms with Crippen LogP contribution in [0.25, 0.3) is 0 Å². The maximum absolute atomic E-state index is 11.5. The van der Waals surface area contributed by atoms with Gasteiger partial charge in [0, 0.05) is 5.56 Å². The highest BCUT2D eigenvalue weighted by Crippen LogP contribution is 2.20. The lowest BCUT2D eigenvalue weighted by Gasteiger charge is -2.15. The molecule has 2 amide bonds. The number of hydrogen-bond donors (Lipinski definition) is 4. The van der Waals surface area contributed by atoms with Crippen LogP contribution >= 0.6 is 0 Å². The number of carbonyl (C=O) groups is 2. The molecule has 8 heteroatoms. The van der Waals surface area contributed by atoms with Crippen molar-refractivity contribution in [2.75, 3.05) is 6.54 Å². The Morgan fingerprint density at radius 2 is 2.05 bits per heavy atom. The van der Waals surface area contributed by atoms with Gasteiger partial charge >= 0.3 is 12.0 Å². The van der Waals surface area contributed by atoms with Crippen LogP contribution in [0.15, 0.2) is 4.52 Å². The molecule has 0 bridgehead atoms. The molecule has 1 aromatic heterocycles. The van der Waals surface area contributed by atoms with E-state index in [1.165, 1.54) is 0 Å². The number of aryl methyl sites for hydroxylation is 2. The summed E-state index contributed by atoms with van der Waals surface area (Å²) >= 11 is 0. The Morgan fingerprint density at radius 1 is 1.42 bits per heavy atom. The van der Waals surface area contributed by atoms with Crippen LogP contribution < -0.4 is 10.6 Å². The van der Waals surface area contributed by atoms with Crippen molar-refractivity contribution in [3.63, 3.8) is 0 Å². The van der Waals surface area contributed by atoms with Crippen LogP contribution in [0.4, 0.5) is 4.79 Å². The molecule has 0 saturated carbocycles. The number of rotatable bonds is 5. The molecule has 0 spiro atoms. The lowest BCUT2D eigenvalue weighted by atomic mass is 10.1. The highest BCUT2D eigenvalue weighted by atomic mass is 16.5. The van der Waals surface area contributed by atoms with Crippen LogP contribution in [0.2, 0.25) is 0 Å². The van der Waals surface area contributed by atoms with Crippen molar-refractivity contribution in [2.45, 2.75) is 32.9 Å². The van der Waals surface area contributed by atoms with E-state index in [4.69, 9.17) is 14.7 Å². The van der Waals surface area contributed by atoms with Gasteiger partial charge in [-0.05, 0) is 20.8 Å². The zero-order chi connectivity index (χ0) is 14.6. The van der Waals surface area contributed by atoms with Crippen molar-refractivity contribution in [2.24, 2.45) is 0 Å². The van der Waals surface area contributed by atoms with Gasteiger partial charge in [-0.15, -0.1) is 0 Å². The van der Waals surface area contributed by atoms with Crippen LogP contribution in [0.3, 0.4) is 0 Å². The van der Waals surface area contributed by atoms with Gasteiger partial charge in [0.25, 0.3) is 0 Å². The molecule has 8 nitrogen and oxygen atoms in total. The molecule has 0 aliphatic carbocycles. The summed E-state index contributed by atoms with van der Waals surface area (Å²) in [6.45, 7) is 4.88. The molecule has 0 saturated heterocycles. The maximum atomic E-state index is 11.5. The Bertz CT molecular complexity index is 451. The van der Waals surface area contributed by atoms with E-state index in [-0.39, 0.29) is 12.6 Å². The minimum absolute atomic E-state index is 0.340. The maximum Gasteiger partial charge on any atom is 0.334 e. The van der Waals surface area contributed by atoms with Crippen molar-refractivity contribution in [3.05, 3.63) is 17.0 Å². The summed E-state index contributed by atoms with van der Waals surface area (Å²) in [5, 5.41) is 26.1. The molecule has 0 aliphatic rings. The number of carbonyl (C=O) groups excluding carboxylic acids is 1. The first-order valence-electron chi connectivity index (χ1n) is 5.71. The van der Waals surface area contributed by atoms with E-state index in [0.717, 1.165) is 5.56 Å². The second-order valence-corrected chi connectivity index (χ2v) is 4.17. The SMILES string of the molecule is Cc1noc(C)c1C(C)NC(=O)NC[C@H](O)C(=O)O. The van der Waals surface area contributed by atoms with Crippen LogP contribution in [0.1, 0.15) is 30.0 Å². The largest absolute Gasteiger partial charge is 0.479 e. The van der Waals surface area contributed by atoms with Crippen LogP contribution in [0, 0.1) is 13.8 Å². The van der Waals surface area contributed by atoms with Gasteiger partial charge < -0.3 is 25.4 Å². The fourth-order valence-corrected chi connectivity index (χ4v) is 1.70. The quantitative estimate of drug-likeness (QED) is 0.602. The van der Waals surface area contributed by atoms with Gasteiger partial charge in [0.1, 0.15) is 5.76 Å². The van der Waals surface area contributed by atoms with Crippen molar-refractivity contribution in [3.8, 4) is 0 Å². The number of hydrogen-bond acceptors (Lipinski definition) is 5. The van der Waals surface area contributed by atoms with E-state index in [0.29, 0.717) is 11.5 Å². The lowest BCUT2D eigenvalue weighted by molar-refractivity contribution is -0.146. The summed E-state index contributed by atoms with van der Waals surface area (Å²) in [5.41, 5.74) is 1.45. The summed E-state index contributed by atoms with van der Waals surface area (Å²) < 4.78 is 4.99. The number of nitrogens with zero attached hydrogens (tertiary/aromatic N) is 1. The third-order valence-electron chi connectivity index (χ3n) is 2.61. The summed E-state index contributed by atoms with van der Waals surface area (Å²) in [5.74, 6) is -0.782. The molecule has 1 aromatic rings. The van der Waals surface area contributed by atoms with Crippen LogP contribution in [-0.4, -0.2) is 40.0 Å². The molecule has 1 heterocycles. The van der Waals surface area contributed by atoms with E-state index < -0.39 is 18.1 Å². The predicted molar refractivity (Wildman–Crippen MR) is 64.6 cm³/mol. The Labute approximate surface area is 109 Å². The number of urea groups is 1. The molecule has 1 rings (SSSR count). The minimum Gasteiger partial charge on any atom is -0.479 e. The van der Waals surface area contributed by atoms with E-state index in [1.54, 1.807) is 20.8 Å². The van der Waals surface area contributed by atoms with Gasteiger partial charge in [0.2, 0.25) is 0 Å². The number of aliphatic carboxylic acids is 1. The molecular formula is C11H17N3O5. The number of nitrogens with one attached hydrogen (secondary N) is 2. The molecule has 0 fully saturated rings. The van der Waals surface area contributed by atoms with Crippen molar-refractivity contribution < 1.29 is 24.3 Å². The third-order valence-corrected chi connectivity index (χ3v) is 2.61. The van der Waals surface area contributed by atoms with E-state index in [1.807, 2.05) is 0 Å². The summed E-state index contributed by atoms with van der Waals surface area (Å²) in [4.78, 5) is 21.9. The fourth-order valence-electron chi connectivity index (χ4n) is 1.70. The summed E-state index contributed by atoms with van der Waals surface area (Å²) in [7, 11) is 0. The number of aliphatic hydroxyl groups is 1. The molecule has 2 atom stereocenters. The smallest absolute Gasteiger partial charge is 0.334 e. The zero-order valence-corrected chi connectivity index (χ0v) is 10.9. The molecule has 106 valence electrons. The predicted octanol–water partition coefficient (Wildman–Crippen LogP) is 0.0971. The number of amides is 2. The van der Waals surface area contributed by atoms with Crippen LogP contribution in [0.5, 0.6) is 0 Å². The van der Waals surface area contributed by atoms with Gasteiger partial charge in [-0.1, -0.05) is 5.16 Å². The molecule has 19 heavy (non-hydrogen) atoms. The van der Waals surface area contributed by atoms with E-state index >= 15 is 0 Å². The van der Waals surface area contributed by atoms with E-state index in [9.17, 15) is 9.59 Å². The standard InChI is InChI=1S/C11H17N3O5/c1-5(9-6(2)14-19-7(9)3)13-11(18)12-4-8(15)10(16)17/h5,8,15H,4H2,1-3H3,(H,16,17)(H2,12,13,18)/t5?,8-/m0/s1. The van der Waals surface area contributed by atoms with Gasteiger partial charge in [-0.25, -0.2) is 9.59 Å². The second kappa shape index (κ2) is 6.19. The number of carboxylic acid groups (broad SMARTS) is 1. The average molecular weight is 271 g/mol. The molecule has 0 aliphatic heterocycles. The summed E-state index contributed by atoms with van der Waals surface area (Å²) in [6, 6.07) is -0.916. The number of aliphatic hydroxyl groups excluding tert-OH is 1. The third kappa shape index (κ3) is 3.95. The van der Waals surface area contributed by atoms with Gasteiger partial charge in [-0.3, -0.25) is 0 Å². The van der Waals surface area contributed by atoms with Gasteiger partial charge in [0.15, 0.2) is 6.10 Å². The molecule has 0 aromatic carbocycles. The average Bonchev–Trinajstić information content (AvgIpc) is 2.65. The number of aromatic nitrogens is 1. The van der Waals surface area contributed by atoms with Crippen molar-refractivity contribution in [1.82, 2.24) is 15.8 Å². The Hall–Kier alpha value is -2.09. The lowest BCUT2D eigenvalue weighted by Crippen LogP contribution is -2.42. The van der Waals surface area contributed by atoms with Crippen molar-refractivity contribution >= 4 is 12.0 Å². The number of carboxylic acids is 1. The molecule has 1 unspecified atom stereocenters. The van der Waals surface area contributed by atoms with E-state index in [2.05, 4.69) is 15.8 Å². The van der Waals surface area contributed by atoms with Gasteiger partial charge in [0.05, 0.1) is 18.3 Å². The second-order valence-electron chi connectivity index (χ2n) is 4.17. The molecule has 4 N–H and O–H groups in total. The van der Waals surface area contributed by atoms with Crippen molar-refractivity contribution in [1.29, 1.82) is 0 Å². The molecular weight excluding hydrogens is 254 g/mol. The summed E-state index contributed by atoms with van der Waals surface area (Å²) in [6.07, 6.45) is -1.62. The van der Waals surface area contributed by atoms with Gasteiger partial charge in [-0.2, -0.15) is 0 Å². The topological polar surface area (TPSA) is 125 Å².